The van der Waals surface area contributed by atoms with Crippen molar-refractivity contribution in [3.8, 4) is 0 Å². The molecule has 0 aliphatic rings. The lowest BCUT2D eigenvalue weighted by molar-refractivity contribution is -0.138. The molecular formula is C14H22O4. The van der Waals surface area contributed by atoms with E-state index in [1.54, 1.807) is 0 Å². The Morgan fingerprint density at radius 3 is 1.33 bits per heavy atom. The van der Waals surface area contributed by atoms with Gasteiger partial charge in [0.05, 0.1) is 0 Å². The molecule has 0 aliphatic heterocycles. The van der Waals surface area contributed by atoms with E-state index in [4.69, 9.17) is 10.2 Å². The van der Waals surface area contributed by atoms with E-state index in [-0.39, 0.29) is 12.8 Å². The van der Waals surface area contributed by atoms with E-state index in [9.17, 15) is 9.59 Å². The number of allylic oxidation sites excluding steroid dienone is 4. The Balaban J connectivity index is 3.28. The Hall–Kier alpha value is -1.58. The van der Waals surface area contributed by atoms with E-state index < -0.39 is 11.9 Å². The maximum Gasteiger partial charge on any atom is 0.303 e. The number of rotatable bonds is 11. The molecule has 0 bridgehead atoms. The van der Waals surface area contributed by atoms with Crippen molar-refractivity contribution in [2.45, 2.75) is 51.4 Å². The van der Waals surface area contributed by atoms with Gasteiger partial charge < -0.3 is 10.2 Å². The molecule has 0 atom stereocenters. The third-order valence-corrected chi connectivity index (χ3v) is 2.36. The summed E-state index contributed by atoms with van der Waals surface area (Å²) in [5.41, 5.74) is 0. The smallest absolute Gasteiger partial charge is 0.303 e. The fraction of sp³-hybridized carbons (Fsp3) is 0.571. The van der Waals surface area contributed by atoms with Crippen LogP contribution >= 0.6 is 0 Å². The van der Waals surface area contributed by atoms with Gasteiger partial charge in [-0.2, -0.15) is 0 Å². The zero-order chi connectivity index (χ0) is 13.6. The van der Waals surface area contributed by atoms with Crippen molar-refractivity contribution in [3.63, 3.8) is 0 Å². The Bertz CT molecular complexity index is 262. The number of hydrogen-bond acceptors (Lipinski definition) is 2. The monoisotopic (exact) mass is 254 g/mol. The zero-order valence-electron chi connectivity index (χ0n) is 10.7. The molecule has 102 valence electrons. The number of carboxylic acid groups (broad SMARTS) is 2. The summed E-state index contributed by atoms with van der Waals surface area (Å²) in [6.45, 7) is 0. The highest BCUT2D eigenvalue weighted by Crippen LogP contribution is 2.01. The van der Waals surface area contributed by atoms with Crippen LogP contribution in [0.25, 0.3) is 0 Å². The third-order valence-electron chi connectivity index (χ3n) is 2.36. The predicted octanol–water partition coefficient (Wildman–Crippen LogP) is 3.39. The quantitative estimate of drug-likeness (QED) is 0.438. The van der Waals surface area contributed by atoms with Gasteiger partial charge in [0.2, 0.25) is 0 Å². The molecule has 0 aromatic carbocycles. The van der Waals surface area contributed by atoms with E-state index in [1.807, 2.05) is 12.2 Å². The van der Waals surface area contributed by atoms with Crippen LogP contribution in [0.4, 0.5) is 0 Å². The predicted molar refractivity (Wildman–Crippen MR) is 70.5 cm³/mol. The van der Waals surface area contributed by atoms with Gasteiger partial charge in [0.1, 0.15) is 0 Å². The van der Waals surface area contributed by atoms with Crippen molar-refractivity contribution < 1.29 is 19.8 Å². The standard InChI is InChI=1S/C14H22O4/c15-13(16)11-9-7-5-3-1-2-4-6-8-10-12-14(17)18/h3-6H,1-2,7-12H2,(H,15,16)(H,17,18)/b5-3-,6-4-. The van der Waals surface area contributed by atoms with Gasteiger partial charge in [0.25, 0.3) is 0 Å². The van der Waals surface area contributed by atoms with Crippen LogP contribution in [0.15, 0.2) is 24.3 Å². The number of unbranched alkanes of at least 4 members (excludes halogenated alkanes) is 3. The minimum Gasteiger partial charge on any atom is -0.481 e. The molecular weight excluding hydrogens is 232 g/mol. The van der Waals surface area contributed by atoms with Gasteiger partial charge in [-0.3, -0.25) is 9.59 Å². The average Bonchev–Trinajstić information content (AvgIpc) is 2.29. The second kappa shape index (κ2) is 11.9. The van der Waals surface area contributed by atoms with Crippen LogP contribution in [0.5, 0.6) is 0 Å². The molecule has 0 fully saturated rings. The molecule has 0 amide bonds. The Labute approximate surface area is 108 Å². The molecule has 0 spiro atoms. The van der Waals surface area contributed by atoms with Gasteiger partial charge in [-0.1, -0.05) is 24.3 Å². The molecule has 2 N–H and O–H groups in total. The van der Waals surface area contributed by atoms with E-state index >= 15 is 0 Å². The van der Waals surface area contributed by atoms with E-state index in [0.717, 1.165) is 25.7 Å². The van der Waals surface area contributed by atoms with Crippen molar-refractivity contribution in [3.05, 3.63) is 24.3 Å². The first kappa shape index (κ1) is 16.4. The molecule has 0 heterocycles. The summed E-state index contributed by atoms with van der Waals surface area (Å²) in [5.74, 6) is -1.49. The molecule has 18 heavy (non-hydrogen) atoms. The van der Waals surface area contributed by atoms with Gasteiger partial charge in [-0.15, -0.1) is 0 Å². The van der Waals surface area contributed by atoms with Gasteiger partial charge in [0.15, 0.2) is 0 Å². The van der Waals surface area contributed by atoms with Crippen LogP contribution in [0.3, 0.4) is 0 Å². The van der Waals surface area contributed by atoms with Gasteiger partial charge in [-0.05, 0) is 38.5 Å². The lowest BCUT2D eigenvalue weighted by Crippen LogP contribution is -1.92. The van der Waals surface area contributed by atoms with E-state index in [2.05, 4.69) is 12.2 Å². The van der Waals surface area contributed by atoms with Gasteiger partial charge >= 0.3 is 11.9 Å². The molecule has 0 aromatic rings. The first-order chi connectivity index (χ1) is 8.63. The lowest BCUT2D eigenvalue weighted by Gasteiger charge is -1.92. The fourth-order valence-corrected chi connectivity index (χ4v) is 1.41. The summed E-state index contributed by atoms with van der Waals surface area (Å²) < 4.78 is 0. The van der Waals surface area contributed by atoms with Gasteiger partial charge in [0, 0.05) is 12.8 Å². The summed E-state index contributed by atoms with van der Waals surface area (Å²) in [6.07, 6.45) is 13.5. The number of aliphatic carboxylic acids is 2. The summed E-state index contributed by atoms with van der Waals surface area (Å²) in [5, 5.41) is 16.8. The zero-order valence-corrected chi connectivity index (χ0v) is 10.7. The average molecular weight is 254 g/mol. The van der Waals surface area contributed by atoms with Crippen molar-refractivity contribution in [2.75, 3.05) is 0 Å². The minimum absolute atomic E-state index is 0.230. The number of carbonyl (C=O) groups is 2. The first-order valence-electron chi connectivity index (χ1n) is 6.36. The van der Waals surface area contributed by atoms with Crippen LogP contribution in [-0.2, 0) is 9.59 Å². The first-order valence-corrected chi connectivity index (χ1v) is 6.36. The Kier molecular flexibility index (Phi) is 10.8. The van der Waals surface area contributed by atoms with Crippen molar-refractivity contribution in [1.29, 1.82) is 0 Å². The Morgan fingerprint density at radius 1 is 0.667 bits per heavy atom. The summed E-state index contributed by atoms with van der Waals surface area (Å²) in [7, 11) is 0. The lowest BCUT2D eigenvalue weighted by atomic mass is 10.2. The molecule has 0 unspecified atom stereocenters. The van der Waals surface area contributed by atoms with E-state index in [1.165, 1.54) is 0 Å². The molecule has 0 rings (SSSR count). The largest absolute Gasteiger partial charge is 0.481 e. The fourth-order valence-electron chi connectivity index (χ4n) is 1.41. The van der Waals surface area contributed by atoms with Crippen molar-refractivity contribution >= 4 is 11.9 Å². The van der Waals surface area contributed by atoms with Crippen molar-refractivity contribution in [2.24, 2.45) is 0 Å². The summed E-state index contributed by atoms with van der Waals surface area (Å²) in [4.78, 5) is 20.5. The van der Waals surface area contributed by atoms with Crippen LogP contribution < -0.4 is 0 Å². The van der Waals surface area contributed by atoms with E-state index in [0.29, 0.717) is 12.8 Å². The molecule has 0 aliphatic carbocycles. The molecule has 0 radical (unpaired) electrons. The molecule has 0 saturated heterocycles. The van der Waals surface area contributed by atoms with Gasteiger partial charge in [-0.25, -0.2) is 0 Å². The van der Waals surface area contributed by atoms with Crippen LogP contribution in [0.2, 0.25) is 0 Å². The van der Waals surface area contributed by atoms with Crippen molar-refractivity contribution in [1.82, 2.24) is 0 Å². The summed E-state index contributed by atoms with van der Waals surface area (Å²) >= 11 is 0. The molecule has 0 aromatic heterocycles. The second-order valence-corrected chi connectivity index (χ2v) is 4.09. The maximum atomic E-state index is 10.2. The maximum absolute atomic E-state index is 10.2. The normalized spacial score (nSPS) is 11.3. The highest BCUT2D eigenvalue weighted by Gasteiger charge is 1.93. The minimum atomic E-state index is -0.743. The second-order valence-electron chi connectivity index (χ2n) is 4.09. The highest BCUT2D eigenvalue weighted by atomic mass is 16.4. The molecule has 4 nitrogen and oxygen atoms in total. The topological polar surface area (TPSA) is 74.6 Å². The number of carboxylic acids is 2. The molecule has 4 heteroatoms. The van der Waals surface area contributed by atoms with Crippen LogP contribution in [0.1, 0.15) is 51.4 Å². The number of hydrogen-bond donors (Lipinski definition) is 2. The highest BCUT2D eigenvalue weighted by molar-refractivity contribution is 5.66. The van der Waals surface area contributed by atoms with Crippen LogP contribution in [-0.4, -0.2) is 22.2 Å². The Morgan fingerprint density at radius 2 is 1.00 bits per heavy atom. The molecule has 0 saturated carbocycles. The van der Waals surface area contributed by atoms with Crippen LogP contribution in [0, 0.1) is 0 Å². The third kappa shape index (κ3) is 14.4. The SMILES string of the molecule is O=C(O)CCC/C=C\CC/C=C\CCCC(=O)O. The summed E-state index contributed by atoms with van der Waals surface area (Å²) in [6, 6.07) is 0.